The molecule has 0 bridgehead atoms. The van der Waals surface area contributed by atoms with Gasteiger partial charge in [-0.15, -0.1) is 47.0 Å². The van der Waals surface area contributed by atoms with E-state index in [1.165, 1.54) is 42.4 Å². The Hall–Kier alpha value is 2.48. The van der Waals surface area contributed by atoms with Crippen LogP contribution in [-0.4, -0.2) is 10.2 Å². The van der Waals surface area contributed by atoms with Crippen molar-refractivity contribution in [2.24, 2.45) is 0 Å². The molecule has 0 aliphatic carbocycles. The summed E-state index contributed by atoms with van der Waals surface area (Å²) in [5, 5.41) is 19.6. The Labute approximate surface area is 316 Å². The molecule has 0 aromatic heterocycles. The lowest BCUT2D eigenvalue weighted by Crippen LogP contribution is -1.76. The number of rotatable bonds is 11. The zero-order chi connectivity index (χ0) is 28.4. The summed E-state index contributed by atoms with van der Waals surface area (Å²) in [6.07, 6.45) is 13.6. The number of thioether (sulfide) groups is 16. The Morgan fingerprint density at radius 1 is 0.381 bits per heavy atom. The average molecular weight is 844 g/mol. The normalized spacial score (nSPS) is 23.4. The van der Waals surface area contributed by atoms with E-state index in [0.29, 0.717) is 0 Å². The highest BCUT2D eigenvalue weighted by Gasteiger charge is 2.23. The number of allylic oxidation sites excluding steroid dienone is 6. The van der Waals surface area contributed by atoms with Crippen LogP contribution < -0.4 is 0 Å². The summed E-state index contributed by atoms with van der Waals surface area (Å²) in [6, 6.07) is 0. The van der Waals surface area contributed by atoms with Gasteiger partial charge in [-0.2, -0.15) is 0 Å². The maximum atomic E-state index is 2.31. The van der Waals surface area contributed by atoms with E-state index < -0.39 is 0 Å². The number of hydrogen-bond acceptors (Lipinski definition) is 16. The van der Waals surface area contributed by atoms with E-state index in [4.69, 9.17) is 0 Å². The molecule has 0 atom stereocenters. The molecule has 0 aromatic rings. The first-order valence-electron chi connectivity index (χ1n) is 11.7. The molecular weight excluding hydrogens is 825 g/mol. The van der Waals surface area contributed by atoms with Crippen molar-refractivity contribution in [2.45, 2.75) is 0 Å². The lowest BCUT2D eigenvalue weighted by atomic mass is 10.6. The standard InChI is InChI=1S/C26H18S16/c1(17-27-7-8-28-17)4-20-33-13-23(39-20)35-15-37-25-26(42-22(41-25)6-3-19-31-11-12-32-19)38-16-36-24-14-34-21(40-24)5-2-18-29-9-10-30-18/h1-14H,15-16H2/b20-4+,21-5+. The molecule has 0 spiro atoms. The van der Waals surface area contributed by atoms with Crippen LogP contribution in [0.2, 0.25) is 0 Å². The maximum absolute atomic E-state index is 2.31. The van der Waals surface area contributed by atoms with Gasteiger partial charge >= 0.3 is 0 Å². The molecule has 6 aliphatic rings. The van der Waals surface area contributed by atoms with Crippen molar-refractivity contribution in [3.05, 3.63) is 122 Å². The predicted octanol–water partition coefficient (Wildman–Crippen LogP) is 15.9. The zero-order valence-corrected chi connectivity index (χ0v) is 34.1. The van der Waals surface area contributed by atoms with Crippen molar-refractivity contribution in [1.29, 1.82) is 0 Å². The van der Waals surface area contributed by atoms with Gasteiger partial charge in [-0.1, -0.05) is 141 Å². The fourth-order valence-electron chi connectivity index (χ4n) is 2.89. The zero-order valence-electron chi connectivity index (χ0n) is 21.0. The summed E-state index contributed by atoms with van der Waals surface area (Å²) < 4.78 is 13.8. The van der Waals surface area contributed by atoms with Gasteiger partial charge in [0.05, 0.1) is 21.2 Å². The summed E-state index contributed by atoms with van der Waals surface area (Å²) in [5.74, 6) is 0. The van der Waals surface area contributed by atoms with E-state index in [2.05, 4.69) is 79.7 Å². The van der Waals surface area contributed by atoms with Gasteiger partial charge in [-0.05, 0) is 79.7 Å². The van der Waals surface area contributed by atoms with Gasteiger partial charge in [0.15, 0.2) is 0 Å². The van der Waals surface area contributed by atoms with Crippen LogP contribution in [0, 0.1) is 0 Å². The van der Waals surface area contributed by atoms with Crippen LogP contribution in [0.3, 0.4) is 0 Å². The highest BCUT2D eigenvalue weighted by molar-refractivity contribution is 8.44. The molecule has 0 saturated heterocycles. The van der Waals surface area contributed by atoms with Gasteiger partial charge < -0.3 is 0 Å². The molecule has 6 aliphatic heterocycles. The Balaban J connectivity index is 0.992. The third-order valence-electron chi connectivity index (χ3n) is 4.62. The molecule has 0 unspecified atom stereocenters. The molecule has 0 N–H and O–H groups in total. The van der Waals surface area contributed by atoms with Crippen LogP contribution in [-0.2, 0) is 0 Å². The second kappa shape index (κ2) is 18.9. The quantitative estimate of drug-likeness (QED) is 0.181. The summed E-state index contributed by atoms with van der Waals surface area (Å²) >= 11 is 30.1. The first kappa shape index (κ1) is 34.3. The van der Waals surface area contributed by atoms with Crippen LogP contribution in [0.1, 0.15) is 0 Å². The molecule has 0 radical (unpaired) electrons. The van der Waals surface area contributed by atoms with Crippen molar-refractivity contribution < 1.29 is 0 Å². The van der Waals surface area contributed by atoms with Crippen molar-refractivity contribution in [2.75, 3.05) is 10.2 Å². The number of hydrogen-bond donors (Lipinski definition) is 0. The summed E-state index contributed by atoms with van der Waals surface area (Å²) in [7, 11) is 0. The summed E-state index contributed by atoms with van der Waals surface area (Å²) in [6.45, 7) is 0. The van der Waals surface area contributed by atoms with E-state index in [1.54, 1.807) is 70.6 Å². The molecule has 0 nitrogen and oxygen atoms in total. The van der Waals surface area contributed by atoms with Crippen LogP contribution in [0.5, 0.6) is 0 Å². The van der Waals surface area contributed by atoms with Crippen LogP contribution >= 0.6 is 188 Å². The van der Waals surface area contributed by atoms with Crippen LogP contribution in [0.15, 0.2) is 122 Å². The highest BCUT2D eigenvalue weighted by Crippen LogP contribution is 2.60. The van der Waals surface area contributed by atoms with Gasteiger partial charge in [0, 0.05) is 31.4 Å². The predicted molar refractivity (Wildman–Crippen MR) is 230 cm³/mol. The largest absolute Gasteiger partial charge is 0.107 e. The molecule has 0 saturated carbocycles. The van der Waals surface area contributed by atoms with Gasteiger partial charge in [-0.3, -0.25) is 0 Å². The van der Waals surface area contributed by atoms with E-state index >= 15 is 0 Å². The SMILES string of the molecule is C1=CSC(=CC=C2SC(SCSC3=CS/C(=C\C=C4SC=CS4)S3)=C(SCSC3=CS/C(=C\C=C4SC=CS4)S3)S2)S1. The van der Waals surface area contributed by atoms with Gasteiger partial charge in [0.25, 0.3) is 0 Å². The lowest BCUT2D eigenvalue weighted by Gasteiger charge is -2.05. The van der Waals surface area contributed by atoms with Crippen LogP contribution in [0.4, 0.5) is 0 Å². The van der Waals surface area contributed by atoms with Gasteiger partial charge in [0.2, 0.25) is 0 Å². The average Bonchev–Trinajstić information content (AvgIpc) is 3.83. The topological polar surface area (TPSA) is 0 Å². The molecule has 16 heteroatoms. The second-order valence-corrected chi connectivity index (χ2v) is 26.4. The van der Waals surface area contributed by atoms with E-state index in [0.717, 1.165) is 10.2 Å². The Morgan fingerprint density at radius 3 is 1.14 bits per heavy atom. The molecule has 6 rings (SSSR count). The smallest absolute Gasteiger partial charge is 0.0668 e. The molecule has 218 valence electrons. The van der Waals surface area contributed by atoms with Crippen molar-refractivity contribution in [3.8, 4) is 0 Å². The van der Waals surface area contributed by atoms with E-state index in [-0.39, 0.29) is 0 Å². The fraction of sp³-hybridized carbons (Fsp3) is 0.0769. The third-order valence-corrected chi connectivity index (χ3v) is 23.6. The minimum absolute atomic E-state index is 1.03. The van der Waals surface area contributed by atoms with Gasteiger partial charge in [-0.25, -0.2) is 0 Å². The van der Waals surface area contributed by atoms with Crippen LogP contribution in [0.25, 0.3) is 0 Å². The first-order chi connectivity index (χ1) is 20.8. The molecule has 42 heavy (non-hydrogen) atoms. The highest BCUT2D eigenvalue weighted by atomic mass is 32.3. The minimum Gasteiger partial charge on any atom is -0.107 e. The summed E-state index contributed by atoms with van der Waals surface area (Å²) in [4.78, 5) is 0. The lowest BCUT2D eigenvalue weighted by molar-refractivity contribution is 2.05. The van der Waals surface area contributed by atoms with E-state index in [1.807, 2.05) is 118 Å². The minimum atomic E-state index is 1.03. The molecule has 0 amide bonds. The Bertz CT molecular complexity index is 1310. The molecule has 0 aromatic carbocycles. The van der Waals surface area contributed by atoms with Crippen molar-refractivity contribution >= 4 is 188 Å². The van der Waals surface area contributed by atoms with Crippen molar-refractivity contribution in [1.82, 2.24) is 0 Å². The summed E-state index contributed by atoms with van der Waals surface area (Å²) in [5.41, 5.74) is 0. The monoisotopic (exact) mass is 842 g/mol. The fourth-order valence-corrected chi connectivity index (χ4v) is 21.2. The van der Waals surface area contributed by atoms with Crippen molar-refractivity contribution in [3.63, 3.8) is 0 Å². The Morgan fingerprint density at radius 2 is 0.738 bits per heavy atom. The second-order valence-electron chi connectivity index (χ2n) is 7.34. The first-order valence-corrected chi connectivity index (χ1v) is 25.9. The Kier molecular flexibility index (Phi) is 15.4. The van der Waals surface area contributed by atoms with Gasteiger partial charge in [0.1, 0.15) is 0 Å². The maximum Gasteiger partial charge on any atom is 0.0668 e. The third kappa shape index (κ3) is 11.3. The molecule has 0 fully saturated rings. The molecular formula is C26H18S16. The molecule has 6 heterocycles. The van der Waals surface area contributed by atoms with E-state index in [9.17, 15) is 0 Å².